The maximum absolute atomic E-state index is 11.2. The molecule has 1 rings (SSSR count). The largest absolute Gasteiger partial charge is 0.673 e. The van der Waals surface area contributed by atoms with E-state index in [1.165, 1.54) is 96.8 Å². The zero-order valence-corrected chi connectivity index (χ0v) is 17.4. The quantitative estimate of drug-likeness (QED) is 0.178. The SMILES string of the molecule is CCCCCCCCCCCCCCCCC[N+]1(OC(C)=O)[C+]=NCC1. The molecule has 0 radical (unpaired) electrons. The number of nitrogens with zero attached hydrogens (tertiary/aromatic N) is 2. The first-order chi connectivity index (χ1) is 12.7. The van der Waals surface area contributed by atoms with E-state index in [0.29, 0.717) is 6.54 Å². The summed E-state index contributed by atoms with van der Waals surface area (Å²) in [6, 6.07) is 0. The summed E-state index contributed by atoms with van der Waals surface area (Å²) in [5.74, 6) is -0.240. The van der Waals surface area contributed by atoms with Crippen LogP contribution in [-0.2, 0) is 9.63 Å². The highest BCUT2D eigenvalue weighted by molar-refractivity contribution is 5.66. The van der Waals surface area contributed by atoms with Gasteiger partial charge in [-0.1, -0.05) is 90.4 Å². The van der Waals surface area contributed by atoms with Crippen LogP contribution in [0.25, 0.3) is 0 Å². The molecular weight excluding hydrogens is 324 g/mol. The zero-order chi connectivity index (χ0) is 18.9. The van der Waals surface area contributed by atoms with Crippen molar-refractivity contribution in [1.29, 1.82) is 0 Å². The van der Waals surface area contributed by atoms with Crippen LogP contribution < -0.4 is 0 Å². The standard InChI is InChI=1S/C22H42N2O2/c1-3-4-5-6-7-8-9-10-11-12-13-14-15-16-17-19-24(26-22(2)25)20-18-23-21-24/h3-20H2,1-2H3/q+2. The van der Waals surface area contributed by atoms with Gasteiger partial charge in [0.15, 0.2) is 19.6 Å². The van der Waals surface area contributed by atoms with Gasteiger partial charge < -0.3 is 0 Å². The molecule has 4 heteroatoms. The van der Waals surface area contributed by atoms with Crippen molar-refractivity contribution in [2.75, 3.05) is 19.6 Å². The molecule has 0 spiro atoms. The number of unbranched alkanes of at least 4 members (excludes halogenated alkanes) is 14. The van der Waals surface area contributed by atoms with Gasteiger partial charge in [0.1, 0.15) is 4.65 Å². The predicted octanol–water partition coefficient (Wildman–Crippen LogP) is 6.07. The van der Waals surface area contributed by atoms with E-state index in [1.807, 2.05) is 0 Å². The summed E-state index contributed by atoms with van der Waals surface area (Å²) < 4.78 is 0.188. The van der Waals surface area contributed by atoms with E-state index in [2.05, 4.69) is 18.3 Å². The average molecular weight is 367 g/mol. The van der Waals surface area contributed by atoms with E-state index < -0.39 is 0 Å². The molecule has 26 heavy (non-hydrogen) atoms. The number of quaternary nitrogens is 1. The van der Waals surface area contributed by atoms with E-state index in [4.69, 9.17) is 4.84 Å². The molecule has 1 heterocycles. The van der Waals surface area contributed by atoms with Crippen LogP contribution in [0.15, 0.2) is 4.99 Å². The van der Waals surface area contributed by atoms with Gasteiger partial charge >= 0.3 is 12.3 Å². The van der Waals surface area contributed by atoms with Gasteiger partial charge in [-0.15, -0.1) is 0 Å². The van der Waals surface area contributed by atoms with Crippen molar-refractivity contribution in [3.63, 3.8) is 0 Å². The lowest BCUT2D eigenvalue weighted by Gasteiger charge is -2.14. The van der Waals surface area contributed by atoms with Crippen molar-refractivity contribution in [2.45, 2.75) is 110 Å². The van der Waals surface area contributed by atoms with Crippen LogP contribution in [0.4, 0.5) is 0 Å². The van der Waals surface area contributed by atoms with Crippen LogP contribution in [0.5, 0.6) is 0 Å². The molecule has 4 nitrogen and oxygen atoms in total. The van der Waals surface area contributed by atoms with Crippen LogP contribution in [0.3, 0.4) is 0 Å². The number of carbonyl (C=O) groups is 1. The first-order valence-electron chi connectivity index (χ1n) is 11.2. The lowest BCUT2D eigenvalue weighted by Crippen LogP contribution is -2.47. The van der Waals surface area contributed by atoms with E-state index >= 15 is 0 Å². The van der Waals surface area contributed by atoms with Crippen molar-refractivity contribution < 1.29 is 14.3 Å². The summed E-state index contributed by atoms with van der Waals surface area (Å²) in [5.41, 5.74) is 0. The lowest BCUT2D eigenvalue weighted by molar-refractivity contribution is -1.01. The topological polar surface area (TPSA) is 38.7 Å². The minimum Gasteiger partial charge on any atom is -0.246 e. The predicted molar refractivity (Wildman–Crippen MR) is 109 cm³/mol. The lowest BCUT2D eigenvalue weighted by atomic mass is 10.0. The molecule has 0 saturated heterocycles. The summed E-state index contributed by atoms with van der Waals surface area (Å²) in [6.45, 7) is 6.03. The number of carbonyl (C=O) groups excluding carboxylic acids is 1. The number of hydrogen-bond donors (Lipinski definition) is 0. The Morgan fingerprint density at radius 3 is 1.69 bits per heavy atom. The fourth-order valence-electron chi connectivity index (χ4n) is 3.70. The van der Waals surface area contributed by atoms with E-state index in [0.717, 1.165) is 19.5 Å². The monoisotopic (exact) mass is 366 g/mol. The third-order valence-corrected chi connectivity index (χ3v) is 5.25. The third-order valence-electron chi connectivity index (χ3n) is 5.25. The second-order valence-electron chi connectivity index (χ2n) is 7.85. The summed E-state index contributed by atoms with van der Waals surface area (Å²) >= 11 is 0. The maximum Gasteiger partial charge on any atom is 0.673 e. The number of aliphatic imine (C=N–C) groups is 1. The molecule has 1 atom stereocenters. The Hall–Kier alpha value is -0.990. The van der Waals surface area contributed by atoms with E-state index in [-0.39, 0.29) is 10.6 Å². The van der Waals surface area contributed by atoms with Gasteiger partial charge in [-0.25, -0.2) is 9.63 Å². The van der Waals surface area contributed by atoms with Crippen molar-refractivity contribution in [1.82, 2.24) is 0 Å². The minimum atomic E-state index is -0.240. The van der Waals surface area contributed by atoms with Gasteiger partial charge in [-0.2, -0.15) is 0 Å². The summed E-state index contributed by atoms with van der Waals surface area (Å²) in [5, 5.41) is 0. The molecule has 0 aromatic rings. The average Bonchev–Trinajstić information content (AvgIpc) is 3.06. The Morgan fingerprint density at radius 2 is 1.31 bits per heavy atom. The molecule has 150 valence electrons. The van der Waals surface area contributed by atoms with Crippen LogP contribution in [0, 0.1) is 0 Å². The van der Waals surface area contributed by atoms with Gasteiger partial charge in [0.2, 0.25) is 0 Å². The van der Waals surface area contributed by atoms with Crippen molar-refractivity contribution in [3.8, 4) is 0 Å². The molecule has 0 saturated carbocycles. The molecule has 1 aliphatic rings. The summed E-state index contributed by atoms with van der Waals surface area (Å²) in [4.78, 5) is 20.8. The number of rotatable bonds is 17. The molecule has 0 N–H and O–H groups in total. The van der Waals surface area contributed by atoms with Gasteiger partial charge in [-0.05, 0) is 6.42 Å². The highest BCUT2D eigenvalue weighted by Gasteiger charge is 2.49. The van der Waals surface area contributed by atoms with Gasteiger partial charge in [0, 0.05) is 18.3 Å². The molecule has 0 aromatic heterocycles. The van der Waals surface area contributed by atoms with Crippen LogP contribution >= 0.6 is 0 Å². The third kappa shape index (κ3) is 11.6. The van der Waals surface area contributed by atoms with Crippen molar-refractivity contribution >= 4 is 12.3 Å². The normalized spacial score (nSPS) is 18.8. The first-order valence-corrected chi connectivity index (χ1v) is 11.2. The molecule has 0 amide bonds. The zero-order valence-electron chi connectivity index (χ0n) is 17.4. The second kappa shape index (κ2) is 15.1. The minimum absolute atomic E-state index is 0.188. The number of hydrogen-bond acceptors (Lipinski definition) is 3. The highest BCUT2D eigenvalue weighted by Crippen LogP contribution is 2.16. The summed E-state index contributed by atoms with van der Waals surface area (Å²) in [7, 11) is 0. The molecule has 0 aliphatic carbocycles. The van der Waals surface area contributed by atoms with Gasteiger partial charge in [0.05, 0.1) is 0 Å². The molecule has 1 unspecified atom stereocenters. The Bertz CT molecular complexity index is 384. The molecular formula is C22H42N2O2+2. The highest BCUT2D eigenvalue weighted by atomic mass is 16.7. The van der Waals surface area contributed by atoms with E-state index in [1.54, 1.807) is 0 Å². The maximum atomic E-state index is 11.2. The Balaban J connectivity index is 1.85. The Morgan fingerprint density at radius 1 is 0.846 bits per heavy atom. The number of hydroxylamine groups is 3. The fourth-order valence-corrected chi connectivity index (χ4v) is 3.70. The molecule has 1 aliphatic heterocycles. The van der Waals surface area contributed by atoms with Crippen LogP contribution in [0.2, 0.25) is 0 Å². The van der Waals surface area contributed by atoms with Crippen molar-refractivity contribution in [3.05, 3.63) is 0 Å². The van der Waals surface area contributed by atoms with Crippen LogP contribution in [-0.4, -0.2) is 36.6 Å². The molecule has 0 aromatic carbocycles. The van der Waals surface area contributed by atoms with Gasteiger partial charge in [0.25, 0.3) is 0 Å². The molecule has 0 fully saturated rings. The fraction of sp³-hybridized carbons (Fsp3) is 0.909. The smallest absolute Gasteiger partial charge is 0.246 e. The first kappa shape index (κ1) is 23.0. The van der Waals surface area contributed by atoms with Crippen molar-refractivity contribution in [2.24, 2.45) is 4.99 Å². The summed E-state index contributed by atoms with van der Waals surface area (Å²) in [6.07, 6.45) is 23.4. The van der Waals surface area contributed by atoms with Gasteiger partial charge in [-0.3, -0.25) is 0 Å². The van der Waals surface area contributed by atoms with Crippen LogP contribution in [0.1, 0.15) is 110 Å². The van der Waals surface area contributed by atoms with E-state index in [9.17, 15) is 4.79 Å². The Kier molecular flexibility index (Phi) is 13.4. The Labute approximate surface area is 161 Å². The second-order valence-corrected chi connectivity index (χ2v) is 7.85. The molecule has 0 bridgehead atoms.